The molecule has 2 atom stereocenters. The zero-order valence-corrected chi connectivity index (χ0v) is 16.7. The van der Waals surface area contributed by atoms with Crippen molar-refractivity contribution < 1.29 is 22.7 Å². The molecule has 0 saturated carbocycles. The molecule has 0 fully saturated rings. The lowest BCUT2D eigenvalue weighted by molar-refractivity contribution is -0.128. The maximum atomic E-state index is 12.5. The van der Waals surface area contributed by atoms with Gasteiger partial charge in [-0.3, -0.25) is 4.79 Å². The molecule has 0 bridgehead atoms. The Balaban J connectivity index is 2.07. The highest BCUT2D eigenvalue weighted by Crippen LogP contribution is 2.27. The Kier molecular flexibility index (Phi) is 6.85. The second-order valence-electron chi connectivity index (χ2n) is 6.22. The molecule has 2 aromatic carbocycles. The first kappa shape index (κ1) is 20.8. The first-order valence-corrected chi connectivity index (χ1v) is 10.6. The number of carbonyl (C=O) groups is 1. The number of sulfone groups is 1. The number of benzene rings is 2. The van der Waals surface area contributed by atoms with E-state index in [-0.39, 0.29) is 16.8 Å². The van der Waals surface area contributed by atoms with E-state index in [4.69, 9.17) is 9.47 Å². The van der Waals surface area contributed by atoms with Gasteiger partial charge in [0.25, 0.3) is 5.91 Å². The molecule has 27 heavy (non-hydrogen) atoms. The van der Waals surface area contributed by atoms with Crippen LogP contribution in [0.2, 0.25) is 0 Å². The van der Waals surface area contributed by atoms with Gasteiger partial charge in [0.1, 0.15) is 0 Å². The van der Waals surface area contributed by atoms with Gasteiger partial charge in [-0.2, -0.15) is 0 Å². The molecule has 0 aliphatic carbocycles. The maximum Gasteiger partial charge on any atom is 0.261 e. The number of nitrogens with one attached hydrogen (secondary N) is 1. The van der Waals surface area contributed by atoms with Crippen molar-refractivity contribution in [2.24, 2.45) is 0 Å². The SMILES string of the molecule is CC[C@H](NC(=O)[C@@H](C)Oc1ccccc1OC)c1ccc(S(C)(=O)=O)cc1. The molecule has 0 aliphatic rings. The average molecular weight is 391 g/mol. The summed E-state index contributed by atoms with van der Waals surface area (Å²) in [6, 6.07) is 13.4. The van der Waals surface area contributed by atoms with Crippen LogP contribution in [0.4, 0.5) is 0 Å². The molecule has 0 saturated heterocycles. The number of carbonyl (C=O) groups excluding carboxylic acids is 1. The topological polar surface area (TPSA) is 81.7 Å². The molecular weight excluding hydrogens is 366 g/mol. The van der Waals surface area contributed by atoms with Gasteiger partial charge in [0.15, 0.2) is 27.4 Å². The molecule has 0 unspecified atom stereocenters. The standard InChI is InChI=1S/C20H25NO5S/c1-5-17(15-10-12-16(13-11-15)27(4,23)24)21-20(22)14(2)26-19-9-7-6-8-18(19)25-3/h6-14,17H,5H2,1-4H3,(H,21,22)/t14-,17+/m1/s1. The molecule has 1 amide bonds. The van der Waals surface area contributed by atoms with Gasteiger partial charge in [0.05, 0.1) is 18.0 Å². The van der Waals surface area contributed by atoms with Crippen LogP contribution in [-0.4, -0.2) is 33.8 Å². The largest absolute Gasteiger partial charge is 0.493 e. The van der Waals surface area contributed by atoms with E-state index < -0.39 is 15.9 Å². The predicted molar refractivity (Wildman–Crippen MR) is 104 cm³/mol. The molecule has 0 aliphatic heterocycles. The number of rotatable bonds is 8. The van der Waals surface area contributed by atoms with Crippen LogP contribution in [-0.2, 0) is 14.6 Å². The van der Waals surface area contributed by atoms with Crippen molar-refractivity contribution in [2.75, 3.05) is 13.4 Å². The van der Waals surface area contributed by atoms with Crippen LogP contribution >= 0.6 is 0 Å². The van der Waals surface area contributed by atoms with Crippen LogP contribution in [0, 0.1) is 0 Å². The number of hydrogen-bond donors (Lipinski definition) is 1. The highest BCUT2D eigenvalue weighted by Gasteiger charge is 2.21. The molecule has 2 rings (SSSR count). The van der Waals surface area contributed by atoms with Crippen LogP contribution < -0.4 is 14.8 Å². The Morgan fingerprint density at radius 3 is 2.19 bits per heavy atom. The Bertz CT molecular complexity index is 878. The van der Waals surface area contributed by atoms with Gasteiger partial charge in [-0.15, -0.1) is 0 Å². The van der Waals surface area contributed by atoms with E-state index in [0.717, 1.165) is 11.8 Å². The fourth-order valence-corrected chi connectivity index (χ4v) is 3.25. The smallest absolute Gasteiger partial charge is 0.261 e. The quantitative estimate of drug-likeness (QED) is 0.748. The highest BCUT2D eigenvalue weighted by atomic mass is 32.2. The predicted octanol–water partition coefficient (Wildman–Crippen LogP) is 3.13. The lowest BCUT2D eigenvalue weighted by Gasteiger charge is -2.21. The van der Waals surface area contributed by atoms with E-state index in [0.29, 0.717) is 17.9 Å². The Hall–Kier alpha value is -2.54. The first-order chi connectivity index (χ1) is 12.8. The average Bonchev–Trinajstić information content (AvgIpc) is 2.65. The minimum absolute atomic E-state index is 0.241. The van der Waals surface area contributed by atoms with Gasteiger partial charge < -0.3 is 14.8 Å². The second-order valence-corrected chi connectivity index (χ2v) is 8.24. The summed E-state index contributed by atoms with van der Waals surface area (Å²) in [5.74, 6) is 0.786. The lowest BCUT2D eigenvalue weighted by Crippen LogP contribution is -2.38. The van der Waals surface area contributed by atoms with Crippen molar-refractivity contribution >= 4 is 15.7 Å². The van der Waals surface area contributed by atoms with Crippen LogP contribution in [0.3, 0.4) is 0 Å². The summed E-state index contributed by atoms with van der Waals surface area (Å²) < 4.78 is 34.1. The van der Waals surface area contributed by atoms with Gasteiger partial charge in [0, 0.05) is 6.26 Å². The van der Waals surface area contributed by atoms with Gasteiger partial charge in [-0.1, -0.05) is 31.2 Å². The minimum Gasteiger partial charge on any atom is -0.493 e. The third-order valence-electron chi connectivity index (χ3n) is 4.18. The summed E-state index contributed by atoms with van der Waals surface area (Å²) in [5.41, 5.74) is 0.836. The van der Waals surface area contributed by atoms with Gasteiger partial charge >= 0.3 is 0 Å². The monoisotopic (exact) mass is 391 g/mol. The van der Waals surface area contributed by atoms with Crippen LogP contribution in [0.25, 0.3) is 0 Å². The molecule has 1 N–H and O–H groups in total. The van der Waals surface area contributed by atoms with Crippen molar-refractivity contribution in [3.63, 3.8) is 0 Å². The van der Waals surface area contributed by atoms with Crippen molar-refractivity contribution in [2.45, 2.75) is 37.3 Å². The maximum absolute atomic E-state index is 12.5. The van der Waals surface area contributed by atoms with E-state index >= 15 is 0 Å². The normalized spacial score (nSPS) is 13.5. The molecular formula is C20H25NO5S. The number of para-hydroxylation sites is 2. The van der Waals surface area contributed by atoms with E-state index in [1.807, 2.05) is 13.0 Å². The molecule has 0 spiro atoms. The van der Waals surface area contributed by atoms with Crippen molar-refractivity contribution in [3.8, 4) is 11.5 Å². The van der Waals surface area contributed by atoms with Gasteiger partial charge in [0.2, 0.25) is 0 Å². The summed E-state index contributed by atoms with van der Waals surface area (Å²) in [6.45, 7) is 3.61. The molecule has 0 aromatic heterocycles. The molecule has 146 valence electrons. The fourth-order valence-electron chi connectivity index (χ4n) is 2.62. The van der Waals surface area contributed by atoms with Crippen molar-refractivity contribution in [3.05, 3.63) is 54.1 Å². The number of hydrogen-bond acceptors (Lipinski definition) is 5. The molecule has 0 radical (unpaired) electrons. The zero-order valence-electron chi connectivity index (χ0n) is 15.9. The summed E-state index contributed by atoms with van der Waals surface area (Å²) in [4.78, 5) is 12.8. The molecule has 6 nitrogen and oxygen atoms in total. The van der Waals surface area contributed by atoms with E-state index in [9.17, 15) is 13.2 Å². The first-order valence-electron chi connectivity index (χ1n) is 8.66. The van der Waals surface area contributed by atoms with Gasteiger partial charge in [-0.05, 0) is 43.2 Å². The Morgan fingerprint density at radius 2 is 1.67 bits per heavy atom. The van der Waals surface area contributed by atoms with Crippen LogP contribution in [0.15, 0.2) is 53.4 Å². The lowest BCUT2D eigenvalue weighted by atomic mass is 10.0. The van der Waals surface area contributed by atoms with Crippen molar-refractivity contribution in [1.82, 2.24) is 5.32 Å². The third-order valence-corrected chi connectivity index (χ3v) is 5.31. The number of ether oxygens (including phenoxy) is 2. The minimum atomic E-state index is -3.25. The van der Waals surface area contributed by atoms with Crippen LogP contribution in [0.5, 0.6) is 11.5 Å². The van der Waals surface area contributed by atoms with E-state index in [1.165, 1.54) is 0 Å². The Labute approximate surface area is 160 Å². The fraction of sp³-hybridized carbons (Fsp3) is 0.350. The second kappa shape index (κ2) is 8.90. The third kappa shape index (κ3) is 5.47. The summed E-state index contributed by atoms with van der Waals surface area (Å²) in [5, 5.41) is 2.94. The molecule has 7 heteroatoms. The zero-order chi connectivity index (χ0) is 20.0. The number of methoxy groups -OCH3 is 1. The van der Waals surface area contributed by atoms with Crippen molar-refractivity contribution in [1.29, 1.82) is 0 Å². The molecule has 0 heterocycles. The Morgan fingerprint density at radius 1 is 1.07 bits per heavy atom. The highest BCUT2D eigenvalue weighted by molar-refractivity contribution is 7.90. The molecule has 2 aromatic rings. The summed E-state index contributed by atoms with van der Waals surface area (Å²) in [7, 11) is -1.71. The van der Waals surface area contributed by atoms with Crippen LogP contribution in [0.1, 0.15) is 31.9 Å². The summed E-state index contributed by atoms with van der Waals surface area (Å²) in [6.07, 6.45) is 1.11. The van der Waals surface area contributed by atoms with E-state index in [2.05, 4.69) is 5.32 Å². The number of amides is 1. The summed E-state index contributed by atoms with van der Waals surface area (Å²) >= 11 is 0. The van der Waals surface area contributed by atoms with E-state index in [1.54, 1.807) is 56.5 Å². The van der Waals surface area contributed by atoms with Gasteiger partial charge in [-0.25, -0.2) is 8.42 Å².